The largest absolute Gasteiger partial charge is 0.481 e. The number of hydrogen-bond acceptors (Lipinski definition) is 5. The van der Waals surface area contributed by atoms with Crippen molar-refractivity contribution in [3.63, 3.8) is 0 Å². The molecule has 0 unspecified atom stereocenters. The first kappa shape index (κ1) is 25.0. The zero-order chi connectivity index (χ0) is 24.8. The van der Waals surface area contributed by atoms with Gasteiger partial charge in [-0.2, -0.15) is 0 Å². The molecule has 0 aliphatic heterocycles. The second-order valence-electron chi connectivity index (χ2n) is 8.22. The summed E-state index contributed by atoms with van der Waals surface area (Å²) in [6, 6.07) is 17.3. The molecule has 0 aromatic heterocycles. The third-order valence-corrected chi connectivity index (χ3v) is 6.74. The molecule has 3 aromatic carbocycles. The minimum absolute atomic E-state index is 0.0501. The summed E-state index contributed by atoms with van der Waals surface area (Å²) in [4.78, 5) is 26.0. The molecule has 0 aliphatic carbocycles. The van der Waals surface area contributed by atoms with Gasteiger partial charge in [0, 0.05) is 27.4 Å². The molecule has 0 heterocycles. The van der Waals surface area contributed by atoms with Crippen LogP contribution in [0.1, 0.15) is 24.5 Å². The Morgan fingerprint density at radius 3 is 2.24 bits per heavy atom. The monoisotopic (exact) mass is 476 g/mol. The topological polar surface area (TPSA) is 81.1 Å². The van der Waals surface area contributed by atoms with Crippen molar-refractivity contribution in [3.05, 3.63) is 65.7 Å². The molecule has 34 heavy (non-hydrogen) atoms. The van der Waals surface area contributed by atoms with Crippen LogP contribution in [0, 0.1) is 26.2 Å². The minimum Gasteiger partial charge on any atom is -0.481 e. The number of hydrogen-bond donors (Lipinski definition) is 2. The lowest BCUT2D eigenvalue weighted by molar-refractivity contribution is -0.137. The van der Waals surface area contributed by atoms with Gasteiger partial charge < -0.3 is 19.4 Å². The Bertz CT molecular complexity index is 1250. The molecule has 0 aliphatic rings. The Morgan fingerprint density at radius 2 is 1.65 bits per heavy atom. The summed E-state index contributed by atoms with van der Waals surface area (Å²) in [5.74, 6) is 0.802. The Morgan fingerprint density at radius 1 is 1.00 bits per heavy atom. The van der Waals surface area contributed by atoms with Crippen LogP contribution in [-0.2, 0) is 9.59 Å². The van der Waals surface area contributed by atoms with E-state index in [1.54, 1.807) is 4.31 Å². The lowest BCUT2D eigenvalue weighted by Gasteiger charge is -2.31. The Hall–Kier alpha value is -3.63. The van der Waals surface area contributed by atoms with Gasteiger partial charge in [-0.3, -0.25) is 9.59 Å². The van der Waals surface area contributed by atoms with Crippen LogP contribution in [0.5, 0.6) is 0 Å². The summed E-state index contributed by atoms with van der Waals surface area (Å²) in [5, 5.41) is 20.7. The zero-order valence-corrected chi connectivity index (χ0v) is 20.3. The standard InChI is InChI=1S/C27H28N2O4S/c1-5-14-28(20(4)16-26(30)31)23-11-12-24(22-9-7-6-8-21(22)23)29(17-27(32)33)34-25-13-10-18(2)15-19(25)3/h1,6-13,15,20H,14,16-17H2,2-4H3,(H,30,31)(H,32,33)/t20-/m0/s1. The van der Waals surface area contributed by atoms with Crippen molar-refractivity contribution in [3.8, 4) is 12.3 Å². The van der Waals surface area contributed by atoms with Crippen molar-refractivity contribution in [1.82, 2.24) is 0 Å². The lowest BCUT2D eigenvalue weighted by atomic mass is 10.0. The van der Waals surface area contributed by atoms with Crippen LogP contribution in [0.3, 0.4) is 0 Å². The molecule has 0 spiro atoms. The van der Waals surface area contributed by atoms with Crippen LogP contribution in [0.15, 0.2) is 59.5 Å². The molecule has 3 rings (SSSR count). The highest BCUT2D eigenvalue weighted by atomic mass is 32.2. The molecule has 0 saturated heterocycles. The summed E-state index contributed by atoms with van der Waals surface area (Å²) in [6.45, 7) is 5.94. The van der Waals surface area contributed by atoms with Gasteiger partial charge in [0.25, 0.3) is 0 Å². The number of fused-ring (bicyclic) bond motifs is 1. The maximum absolute atomic E-state index is 11.8. The van der Waals surface area contributed by atoms with Gasteiger partial charge in [0.1, 0.15) is 6.54 Å². The maximum atomic E-state index is 11.8. The summed E-state index contributed by atoms with van der Waals surface area (Å²) in [7, 11) is 0. The predicted octanol–water partition coefficient (Wildman–Crippen LogP) is 5.36. The summed E-state index contributed by atoms with van der Waals surface area (Å²) >= 11 is 1.39. The highest BCUT2D eigenvalue weighted by Gasteiger charge is 2.22. The van der Waals surface area contributed by atoms with Gasteiger partial charge in [0.15, 0.2) is 0 Å². The van der Waals surface area contributed by atoms with Gasteiger partial charge in [0.05, 0.1) is 18.7 Å². The third kappa shape index (κ3) is 5.83. The first-order valence-corrected chi connectivity index (χ1v) is 11.7. The molecule has 0 fully saturated rings. The fraction of sp³-hybridized carbons (Fsp3) is 0.259. The molecular weight excluding hydrogens is 448 g/mol. The van der Waals surface area contributed by atoms with Crippen LogP contribution in [-0.4, -0.2) is 41.3 Å². The molecule has 176 valence electrons. The Balaban J connectivity index is 2.11. The van der Waals surface area contributed by atoms with E-state index < -0.39 is 11.9 Å². The van der Waals surface area contributed by atoms with Crippen molar-refractivity contribution in [1.29, 1.82) is 0 Å². The molecule has 2 N–H and O–H groups in total. The zero-order valence-electron chi connectivity index (χ0n) is 19.5. The quantitative estimate of drug-likeness (QED) is 0.301. The van der Waals surface area contributed by atoms with E-state index in [0.29, 0.717) is 0 Å². The number of aryl methyl sites for hydroxylation is 2. The number of benzene rings is 3. The van der Waals surface area contributed by atoms with Gasteiger partial charge in [-0.25, -0.2) is 0 Å². The number of aliphatic carboxylic acids is 2. The van der Waals surface area contributed by atoms with Crippen LogP contribution in [0.2, 0.25) is 0 Å². The van der Waals surface area contributed by atoms with Crippen molar-refractivity contribution in [2.45, 2.75) is 38.1 Å². The van der Waals surface area contributed by atoms with Gasteiger partial charge in [-0.05, 0) is 56.5 Å². The van der Waals surface area contributed by atoms with E-state index in [2.05, 4.69) is 12.0 Å². The summed E-state index contributed by atoms with van der Waals surface area (Å²) in [6.07, 6.45) is 5.56. The molecule has 0 radical (unpaired) electrons. The SMILES string of the molecule is C#CCN(c1ccc(N(CC(=O)O)Sc2ccc(C)cc2C)c2ccccc12)[C@@H](C)CC(=O)O. The number of carboxylic acid groups (broad SMARTS) is 2. The second kappa shape index (κ2) is 11.0. The first-order chi connectivity index (χ1) is 16.2. The average Bonchev–Trinajstić information content (AvgIpc) is 2.77. The fourth-order valence-electron chi connectivity index (χ4n) is 3.98. The van der Waals surface area contributed by atoms with E-state index in [9.17, 15) is 19.8 Å². The molecule has 7 heteroatoms. The second-order valence-corrected chi connectivity index (χ2v) is 9.28. The van der Waals surface area contributed by atoms with Gasteiger partial charge in [-0.15, -0.1) is 6.42 Å². The lowest BCUT2D eigenvalue weighted by Crippen LogP contribution is -2.35. The Kier molecular flexibility index (Phi) is 8.08. The number of anilines is 2. The maximum Gasteiger partial charge on any atom is 0.324 e. The van der Waals surface area contributed by atoms with E-state index in [0.717, 1.165) is 38.2 Å². The highest BCUT2D eigenvalue weighted by Crippen LogP contribution is 2.39. The number of rotatable bonds is 10. The first-order valence-electron chi connectivity index (χ1n) is 10.9. The molecule has 6 nitrogen and oxygen atoms in total. The number of carbonyl (C=O) groups is 2. The van der Waals surface area contributed by atoms with E-state index >= 15 is 0 Å². The van der Waals surface area contributed by atoms with Crippen LogP contribution in [0.25, 0.3) is 10.8 Å². The van der Waals surface area contributed by atoms with Crippen molar-refractivity contribution < 1.29 is 19.8 Å². The van der Waals surface area contributed by atoms with Crippen molar-refractivity contribution in [2.75, 3.05) is 22.3 Å². The molecule has 0 bridgehead atoms. The Labute approximate surface area is 204 Å². The van der Waals surface area contributed by atoms with Crippen LogP contribution in [0.4, 0.5) is 11.4 Å². The van der Waals surface area contributed by atoms with Gasteiger partial charge in [0.2, 0.25) is 0 Å². The predicted molar refractivity (Wildman–Crippen MR) is 139 cm³/mol. The number of carboxylic acids is 2. The molecule has 0 saturated carbocycles. The van der Waals surface area contributed by atoms with Gasteiger partial charge >= 0.3 is 11.9 Å². The summed E-state index contributed by atoms with van der Waals surface area (Å²) < 4.78 is 1.78. The van der Waals surface area contributed by atoms with Crippen molar-refractivity contribution in [2.24, 2.45) is 0 Å². The minimum atomic E-state index is -0.936. The summed E-state index contributed by atoms with van der Waals surface area (Å²) in [5.41, 5.74) is 3.80. The molecular formula is C27H28N2O4S. The van der Waals surface area contributed by atoms with E-state index in [1.807, 2.05) is 74.2 Å². The van der Waals surface area contributed by atoms with E-state index in [4.69, 9.17) is 6.42 Å². The fourth-order valence-corrected chi connectivity index (χ4v) is 4.99. The highest BCUT2D eigenvalue weighted by molar-refractivity contribution is 8.00. The third-order valence-electron chi connectivity index (χ3n) is 5.54. The number of nitrogens with zero attached hydrogens (tertiary/aromatic N) is 2. The van der Waals surface area contributed by atoms with Crippen molar-refractivity contribution >= 4 is 46.0 Å². The van der Waals surface area contributed by atoms with E-state index in [1.165, 1.54) is 11.9 Å². The molecule has 1 atom stereocenters. The number of terminal acetylenes is 1. The van der Waals surface area contributed by atoms with Crippen LogP contribution >= 0.6 is 11.9 Å². The van der Waals surface area contributed by atoms with Gasteiger partial charge in [-0.1, -0.05) is 47.9 Å². The molecule has 3 aromatic rings. The molecule has 0 amide bonds. The van der Waals surface area contributed by atoms with Crippen LogP contribution < -0.4 is 9.21 Å². The van der Waals surface area contributed by atoms with E-state index in [-0.39, 0.29) is 25.6 Å². The smallest absolute Gasteiger partial charge is 0.324 e. The average molecular weight is 477 g/mol. The normalized spacial score (nSPS) is 11.6.